The Morgan fingerprint density at radius 1 is 0.973 bits per heavy atom. The Morgan fingerprint density at radius 2 is 1.81 bits per heavy atom. The smallest absolute Gasteiger partial charge is 0.255 e. The number of carbonyl (C=O) groups excluding carboxylic acids is 1. The van der Waals surface area contributed by atoms with Gasteiger partial charge in [-0.05, 0) is 29.8 Å². The third-order valence-electron chi connectivity index (χ3n) is 6.84. The average molecular weight is 502 g/mol. The Kier molecular flexibility index (Phi) is 5.88. The summed E-state index contributed by atoms with van der Waals surface area (Å²) in [5.41, 5.74) is 4.08. The second-order valence-electron chi connectivity index (χ2n) is 9.58. The van der Waals surface area contributed by atoms with Crippen LogP contribution in [0, 0.1) is 5.41 Å². The Bertz CT molecular complexity index is 1440. The third-order valence-corrected chi connectivity index (χ3v) is 6.84. The fourth-order valence-electron chi connectivity index (χ4n) is 4.75. The molecule has 6 rings (SSSR count). The molecular formula is C27H27N5O5. The molecule has 2 fully saturated rings. The highest BCUT2D eigenvalue weighted by molar-refractivity contribution is 5.97. The van der Waals surface area contributed by atoms with Crippen LogP contribution in [0.3, 0.4) is 0 Å². The van der Waals surface area contributed by atoms with Gasteiger partial charge in [-0.3, -0.25) is 4.79 Å². The zero-order chi connectivity index (χ0) is 25.4. The normalized spacial score (nSPS) is 15.8. The van der Waals surface area contributed by atoms with Crippen LogP contribution in [0.15, 0.2) is 55.1 Å². The van der Waals surface area contributed by atoms with E-state index in [1.807, 2.05) is 39.8 Å². The molecule has 2 aliphatic rings. The van der Waals surface area contributed by atoms with Crippen molar-refractivity contribution in [3.8, 4) is 17.4 Å². The van der Waals surface area contributed by atoms with Crippen molar-refractivity contribution in [2.75, 3.05) is 40.5 Å². The largest absolute Gasteiger partial charge is 0.493 e. The van der Waals surface area contributed by atoms with E-state index >= 15 is 0 Å². The molecule has 0 bridgehead atoms. The maximum Gasteiger partial charge on any atom is 0.255 e. The number of aromatic nitrogens is 4. The first-order chi connectivity index (χ1) is 18.1. The van der Waals surface area contributed by atoms with E-state index in [1.54, 1.807) is 39.0 Å². The first kappa shape index (κ1) is 23.2. The molecule has 0 aliphatic carbocycles. The molecule has 0 unspecified atom stereocenters. The zero-order valence-corrected chi connectivity index (χ0v) is 20.7. The van der Waals surface area contributed by atoms with Crippen LogP contribution in [-0.4, -0.2) is 70.8 Å². The minimum absolute atomic E-state index is 0.00720. The lowest BCUT2D eigenvalue weighted by atomic mass is 9.78. The van der Waals surface area contributed by atoms with E-state index in [0.717, 1.165) is 43.1 Å². The second kappa shape index (κ2) is 9.36. The summed E-state index contributed by atoms with van der Waals surface area (Å²) in [6, 6.07) is 11.3. The van der Waals surface area contributed by atoms with Crippen LogP contribution < -0.4 is 14.2 Å². The molecule has 0 saturated carbocycles. The summed E-state index contributed by atoms with van der Waals surface area (Å²) in [7, 11) is 3.20. The summed E-state index contributed by atoms with van der Waals surface area (Å²) in [5, 5.41) is 0. The highest BCUT2D eigenvalue weighted by Gasteiger charge is 2.50. The molecule has 2 aliphatic heterocycles. The molecule has 37 heavy (non-hydrogen) atoms. The SMILES string of the molecule is COc1ccc(COc2ccc(Cn3cnc4cc(C(=O)N5CC6(COC6)C5)cnc43)cc2OC)cn1. The number of carbonyl (C=O) groups is 1. The molecule has 0 N–H and O–H groups in total. The van der Waals surface area contributed by atoms with Crippen molar-refractivity contribution in [1.29, 1.82) is 0 Å². The van der Waals surface area contributed by atoms with Gasteiger partial charge in [0.15, 0.2) is 17.1 Å². The van der Waals surface area contributed by atoms with E-state index in [-0.39, 0.29) is 11.3 Å². The lowest BCUT2D eigenvalue weighted by Gasteiger charge is -2.54. The standard InChI is InChI=1S/C27H27N5O5/c1-34-23-7-18(3-5-22(23)37-12-19-4-6-24(35-2)28-9-19)11-31-17-30-21-8-20(10-29-25(21)31)26(33)32-13-27(14-32)15-36-16-27/h3-10,17H,11-16H2,1-2H3. The Labute approximate surface area is 213 Å². The maximum absolute atomic E-state index is 12.8. The van der Waals surface area contributed by atoms with Gasteiger partial charge in [0, 0.05) is 37.1 Å². The molecule has 190 valence electrons. The molecule has 0 radical (unpaired) electrons. The first-order valence-corrected chi connectivity index (χ1v) is 12.0. The quantitative estimate of drug-likeness (QED) is 0.363. The van der Waals surface area contributed by atoms with E-state index < -0.39 is 0 Å². The second-order valence-corrected chi connectivity index (χ2v) is 9.58. The summed E-state index contributed by atoms with van der Waals surface area (Å²) in [6.07, 6.45) is 5.10. The van der Waals surface area contributed by atoms with Crippen LogP contribution in [0.25, 0.3) is 11.2 Å². The van der Waals surface area contributed by atoms with Gasteiger partial charge in [0.25, 0.3) is 5.91 Å². The molecule has 4 aromatic rings. The molecule has 5 heterocycles. The van der Waals surface area contributed by atoms with Crippen LogP contribution in [0.5, 0.6) is 17.4 Å². The number of benzene rings is 1. The van der Waals surface area contributed by atoms with E-state index in [2.05, 4.69) is 15.0 Å². The molecule has 1 spiro atoms. The lowest BCUT2D eigenvalue weighted by Crippen LogP contribution is -2.67. The molecule has 1 aromatic carbocycles. The number of hydrogen-bond acceptors (Lipinski definition) is 8. The van der Waals surface area contributed by atoms with Crippen LogP contribution in [0.1, 0.15) is 21.5 Å². The van der Waals surface area contributed by atoms with Gasteiger partial charge in [0.2, 0.25) is 5.88 Å². The Balaban J connectivity index is 1.13. The van der Waals surface area contributed by atoms with Gasteiger partial charge in [-0.1, -0.05) is 6.07 Å². The van der Waals surface area contributed by atoms with E-state index in [9.17, 15) is 4.79 Å². The third kappa shape index (κ3) is 4.44. The predicted molar refractivity (Wildman–Crippen MR) is 134 cm³/mol. The number of rotatable bonds is 8. The number of hydrogen-bond donors (Lipinski definition) is 0. The van der Waals surface area contributed by atoms with E-state index in [4.69, 9.17) is 18.9 Å². The van der Waals surface area contributed by atoms with Crippen LogP contribution >= 0.6 is 0 Å². The number of ether oxygens (including phenoxy) is 4. The monoisotopic (exact) mass is 501 g/mol. The highest BCUT2D eigenvalue weighted by atomic mass is 16.5. The average Bonchev–Trinajstić information content (AvgIpc) is 3.28. The van der Waals surface area contributed by atoms with Crippen molar-refractivity contribution in [3.63, 3.8) is 0 Å². The van der Waals surface area contributed by atoms with E-state index in [1.165, 1.54) is 0 Å². The minimum atomic E-state index is -0.00720. The topological polar surface area (TPSA) is 101 Å². The maximum atomic E-state index is 12.8. The van der Waals surface area contributed by atoms with Gasteiger partial charge >= 0.3 is 0 Å². The van der Waals surface area contributed by atoms with Gasteiger partial charge in [0.1, 0.15) is 12.1 Å². The van der Waals surface area contributed by atoms with Crippen molar-refractivity contribution >= 4 is 17.1 Å². The lowest BCUT2D eigenvalue weighted by molar-refractivity contribution is -0.176. The number of likely N-dealkylation sites (tertiary alicyclic amines) is 1. The van der Waals surface area contributed by atoms with Crippen LogP contribution in [-0.2, 0) is 17.9 Å². The van der Waals surface area contributed by atoms with Gasteiger partial charge in [-0.25, -0.2) is 15.0 Å². The van der Waals surface area contributed by atoms with Crippen molar-refractivity contribution in [2.45, 2.75) is 13.2 Å². The predicted octanol–water partition coefficient (Wildman–Crippen LogP) is 2.94. The molecule has 1 amide bonds. The van der Waals surface area contributed by atoms with Crippen LogP contribution in [0.2, 0.25) is 0 Å². The molecule has 0 atom stereocenters. The minimum Gasteiger partial charge on any atom is -0.493 e. The number of methoxy groups -OCH3 is 2. The molecular weight excluding hydrogens is 474 g/mol. The number of imidazole rings is 1. The Hall–Kier alpha value is -4.18. The zero-order valence-electron chi connectivity index (χ0n) is 20.7. The van der Waals surface area contributed by atoms with Crippen LogP contribution in [0.4, 0.5) is 0 Å². The summed E-state index contributed by atoms with van der Waals surface area (Å²) in [6.45, 7) is 3.89. The summed E-state index contributed by atoms with van der Waals surface area (Å²) in [4.78, 5) is 28.0. The van der Waals surface area contributed by atoms with E-state index in [0.29, 0.717) is 41.6 Å². The van der Waals surface area contributed by atoms with Gasteiger partial charge < -0.3 is 28.4 Å². The summed E-state index contributed by atoms with van der Waals surface area (Å²) in [5.74, 6) is 1.82. The number of amides is 1. The molecule has 10 nitrogen and oxygen atoms in total. The van der Waals surface area contributed by atoms with Crippen molar-refractivity contribution in [2.24, 2.45) is 5.41 Å². The number of nitrogens with zero attached hydrogens (tertiary/aromatic N) is 5. The van der Waals surface area contributed by atoms with Crippen molar-refractivity contribution in [3.05, 3.63) is 71.8 Å². The van der Waals surface area contributed by atoms with Crippen molar-refractivity contribution < 1.29 is 23.7 Å². The molecule has 10 heteroatoms. The van der Waals surface area contributed by atoms with Gasteiger partial charge in [0.05, 0.1) is 51.3 Å². The fourth-order valence-corrected chi connectivity index (χ4v) is 4.75. The summed E-state index contributed by atoms with van der Waals surface area (Å²) < 4.78 is 23.9. The van der Waals surface area contributed by atoms with Gasteiger partial charge in [-0.2, -0.15) is 0 Å². The highest BCUT2D eigenvalue weighted by Crippen LogP contribution is 2.38. The summed E-state index contributed by atoms with van der Waals surface area (Å²) >= 11 is 0. The molecule has 2 saturated heterocycles. The fraction of sp³-hybridized carbons (Fsp3) is 0.333. The number of pyridine rings is 2. The van der Waals surface area contributed by atoms with Gasteiger partial charge in [-0.15, -0.1) is 0 Å². The Morgan fingerprint density at radius 3 is 2.51 bits per heavy atom. The first-order valence-electron chi connectivity index (χ1n) is 12.0. The van der Waals surface area contributed by atoms with Crippen molar-refractivity contribution in [1.82, 2.24) is 24.4 Å². The molecule has 3 aromatic heterocycles. The number of fused-ring (bicyclic) bond motifs is 1.